The van der Waals surface area contributed by atoms with Crippen molar-refractivity contribution in [1.29, 1.82) is 0 Å². The summed E-state index contributed by atoms with van der Waals surface area (Å²) in [5.74, 6) is 0.734. The largest absolute Gasteiger partial charge is 0.363 e. The van der Waals surface area contributed by atoms with Gasteiger partial charge in [0.25, 0.3) is 0 Å². The quantitative estimate of drug-likeness (QED) is 0.702. The van der Waals surface area contributed by atoms with Gasteiger partial charge in [-0.15, -0.1) is 5.10 Å². The summed E-state index contributed by atoms with van der Waals surface area (Å²) in [6.07, 6.45) is 5.03. The van der Waals surface area contributed by atoms with Gasteiger partial charge in [-0.05, 0) is 22.6 Å². The predicted octanol–water partition coefficient (Wildman–Crippen LogP) is 0.526. The molecule has 0 atom stereocenters. The highest BCUT2D eigenvalue weighted by molar-refractivity contribution is 5.43. The lowest BCUT2D eigenvalue weighted by Gasteiger charge is -2.05. The number of pyridine rings is 1. The molecule has 0 bridgehead atoms. The minimum absolute atomic E-state index is 0.599. The van der Waals surface area contributed by atoms with Gasteiger partial charge in [0.2, 0.25) is 0 Å². The van der Waals surface area contributed by atoms with Gasteiger partial charge in [0.1, 0.15) is 0 Å². The minimum Gasteiger partial charge on any atom is -0.363 e. The minimum atomic E-state index is 0.599. The zero-order valence-electron chi connectivity index (χ0n) is 8.85. The van der Waals surface area contributed by atoms with Crippen molar-refractivity contribution in [3.05, 3.63) is 42.5 Å². The number of rotatable bonds is 3. The monoisotopic (exact) mass is 227 g/mol. The van der Waals surface area contributed by atoms with Crippen LogP contribution in [0, 0.1) is 0 Å². The first-order chi connectivity index (χ1) is 8.43. The van der Waals surface area contributed by atoms with Crippen LogP contribution in [0.4, 0.5) is 5.82 Å². The Bertz CT molecular complexity index is 619. The first-order valence-electron chi connectivity index (χ1n) is 5.09. The van der Waals surface area contributed by atoms with Gasteiger partial charge in [0.15, 0.2) is 11.5 Å². The standard InChI is InChI=1S/C10H9N7/c1-2-4-12-8(3-1)5-13-9-6-11-7-10-14-15-16-17(9)10/h1-4,6-7,13H,5H2. The lowest BCUT2D eigenvalue weighted by atomic mass is 10.3. The first-order valence-corrected chi connectivity index (χ1v) is 5.09. The van der Waals surface area contributed by atoms with E-state index in [4.69, 9.17) is 0 Å². The Morgan fingerprint density at radius 2 is 2.24 bits per heavy atom. The number of fused-ring (bicyclic) bond motifs is 1. The lowest BCUT2D eigenvalue weighted by molar-refractivity contribution is 0.818. The fraction of sp³-hybridized carbons (Fsp3) is 0.100. The van der Waals surface area contributed by atoms with E-state index < -0.39 is 0 Å². The van der Waals surface area contributed by atoms with Crippen LogP contribution in [0.15, 0.2) is 36.8 Å². The van der Waals surface area contributed by atoms with Gasteiger partial charge in [0.05, 0.1) is 24.6 Å². The fourth-order valence-corrected chi connectivity index (χ4v) is 1.48. The molecule has 0 saturated carbocycles. The number of nitrogens with zero attached hydrogens (tertiary/aromatic N) is 6. The number of nitrogens with one attached hydrogen (secondary N) is 1. The Morgan fingerprint density at radius 1 is 1.24 bits per heavy atom. The molecule has 84 valence electrons. The van der Waals surface area contributed by atoms with Gasteiger partial charge < -0.3 is 5.32 Å². The topological polar surface area (TPSA) is 80.9 Å². The normalized spacial score (nSPS) is 10.6. The van der Waals surface area contributed by atoms with E-state index in [9.17, 15) is 0 Å². The van der Waals surface area contributed by atoms with Gasteiger partial charge in [-0.3, -0.25) is 9.97 Å². The molecule has 3 rings (SSSR count). The average Bonchev–Trinajstić information content (AvgIpc) is 2.86. The molecule has 7 nitrogen and oxygen atoms in total. The van der Waals surface area contributed by atoms with E-state index in [1.54, 1.807) is 23.1 Å². The number of tetrazole rings is 1. The highest BCUT2D eigenvalue weighted by Gasteiger charge is 2.03. The third-order valence-electron chi connectivity index (χ3n) is 2.29. The molecule has 0 aliphatic heterocycles. The summed E-state index contributed by atoms with van der Waals surface area (Å²) < 4.78 is 1.59. The number of anilines is 1. The van der Waals surface area contributed by atoms with E-state index in [2.05, 4.69) is 30.8 Å². The summed E-state index contributed by atoms with van der Waals surface area (Å²) in [6.45, 7) is 0.599. The van der Waals surface area contributed by atoms with E-state index in [0.717, 1.165) is 11.5 Å². The molecule has 0 spiro atoms. The second-order valence-corrected chi connectivity index (χ2v) is 3.42. The molecule has 0 aliphatic carbocycles. The van der Waals surface area contributed by atoms with Crippen LogP contribution >= 0.6 is 0 Å². The van der Waals surface area contributed by atoms with Crippen molar-refractivity contribution in [2.75, 3.05) is 5.32 Å². The van der Waals surface area contributed by atoms with Gasteiger partial charge in [0, 0.05) is 6.20 Å². The molecule has 3 heterocycles. The van der Waals surface area contributed by atoms with Gasteiger partial charge in [-0.25, -0.2) is 0 Å². The molecular formula is C10H9N7. The maximum absolute atomic E-state index is 4.22. The highest BCUT2D eigenvalue weighted by atomic mass is 15.5. The van der Waals surface area contributed by atoms with E-state index in [0.29, 0.717) is 12.2 Å². The number of hydrogen-bond donors (Lipinski definition) is 1. The van der Waals surface area contributed by atoms with Crippen LogP contribution in [0.2, 0.25) is 0 Å². The number of hydrogen-bond acceptors (Lipinski definition) is 6. The number of aromatic nitrogens is 6. The van der Waals surface area contributed by atoms with Crippen molar-refractivity contribution < 1.29 is 0 Å². The molecule has 0 amide bonds. The molecule has 0 radical (unpaired) electrons. The summed E-state index contributed by atoms with van der Waals surface area (Å²) in [5.41, 5.74) is 1.55. The van der Waals surface area contributed by atoms with Crippen molar-refractivity contribution in [2.45, 2.75) is 6.54 Å². The molecule has 0 saturated heterocycles. The summed E-state index contributed by atoms with van der Waals surface area (Å²) in [7, 11) is 0. The smallest absolute Gasteiger partial charge is 0.199 e. The maximum atomic E-state index is 4.22. The molecule has 3 aromatic rings. The van der Waals surface area contributed by atoms with Crippen LogP contribution in [0.3, 0.4) is 0 Å². The lowest BCUT2D eigenvalue weighted by Crippen LogP contribution is -2.06. The van der Waals surface area contributed by atoms with Crippen molar-refractivity contribution in [2.24, 2.45) is 0 Å². The van der Waals surface area contributed by atoms with Crippen LogP contribution in [0.1, 0.15) is 5.69 Å². The second kappa shape index (κ2) is 4.12. The summed E-state index contributed by atoms with van der Waals surface area (Å²) in [5, 5.41) is 14.5. The van der Waals surface area contributed by atoms with Gasteiger partial charge in [-0.2, -0.15) is 4.52 Å². The van der Waals surface area contributed by atoms with Gasteiger partial charge in [-0.1, -0.05) is 6.07 Å². The van der Waals surface area contributed by atoms with Crippen LogP contribution in [-0.4, -0.2) is 30.0 Å². The van der Waals surface area contributed by atoms with Crippen molar-refractivity contribution in [3.63, 3.8) is 0 Å². The Kier molecular flexibility index (Phi) is 2.34. The van der Waals surface area contributed by atoms with E-state index >= 15 is 0 Å². The average molecular weight is 227 g/mol. The molecule has 3 aromatic heterocycles. The first kappa shape index (κ1) is 9.64. The zero-order chi connectivity index (χ0) is 11.5. The highest BCUT2D eigenvalue weighted by Crippen LogP contribution is 2.07. The third-order valence-corrected chi connectivity index (χ3v) is 2.29. The Hall–Kier alpha value is -2.57. The SMILES string of the molecule is c1ccc(CNc2cncc3nnnn23)nc1. The van der Waals surface area contributed by atoms with Crippen molar-refractivity contribution >= 4 is 11.5 Å². The Morgan fingerprint density at radius 3 is 3.12 bits per heavy atom. The Balaban J connectivity index is 1.84. The van der Waals surface area contributed by atoms with E-state index in [-0.39, 0.29) is 0 Å². The van der Waals surface area contributed by atoms with Crippen LogP contribution in [-0.2, 0) is 6.54 Å². The predicted molar refractivity (Wildman–Crippen MR) is 60.1 cm³/mol. The maximum Gasteiger partial charge on any atom is 0.199 e. The summed E-state index contributed by atoms with van der Waals surface area (Å²) in [4.78, 5) is 8.27. The Labute approximate surface area is 96.5 Å². The molecular weight excluding hydrogens is 218 g/mol. The van der Waals surface area contributed by atoms with Crippen molar-refractivity contribution in [3.8, 4) is 0 Å². The molecule has 1 N–H and O–H groups in total. The molecule has 7 heteroatoms. The molecule has 0 aliphatic rings. The molecule has 17 heavy (non-hydrogen) atoms. The van der Waals surface area contributed by atoms with E-state index in [1.165, 1.54) is 0 Å². The zero-order valence-corrected chi connectivity index (χ0v) is 8.85. The molecule has 0 aromatic carbocycles. The fourth-order valence-electron chi connectivity index (χ4n) is 1.48. The van der Waals surface area contributed by atoms with Crippen molar-refractivity contribution in [1.82, 2.24) is 30.0 Å². The van der Waals surface area contributed by atoms with E-state index in [1.807, 2.05) is 18.2 Å². The van der Waals surface area contributed by atoms with Crippen LogP contribution < -0.4 is 5.32 Å². The summed E-state index contributed by atoms with van der Waals surface area (Å²) in [6, 6.07) is 5.77. The second-order valence-electron chi connectivity index (χ2n) is 3.42. The van der Waals surface area contributed by atoms with Crippen LogP contribution in [0.25, 0.3) is 5.65 Å². The third kappa shape index (κ3) is 1.89. The molecule has 0 fully saturated rings. The summed E-state index contributed by atoms with van der Waals surface area (Å²) >= 11 is 0. The molecule has 0 unspecified atom stereocenters. The van der Waals surface area contributed by atoms with Crippen LogP contribution in [0.5, 0.6) is 0 Å². The van der Waals surface area contributed by atoms with Gasteiger partial charge >= 0.3 is 0 Å².